The monoisotopic (exact) mass is 320 g/mol. The molecule has 1 aromatic heterocycles. The Hall–Kier alpha value is -1.92. The summed E-state index contributed by atoms with van der Waals surface area (Å²) < 4.78 is 4.79. The molecule has 2 aliphatic heterocycles. The fourth-order valence-electron chi connectivity index (χ4n) is 3.53. The fourth-order valence-corrected chi connectivity index (χ4v) is 3.53. The van der Waals surface area contributed by atoms with Crippen molar-refractivity contribution in [1.29, 1.82) is 0 Å². The maximum Gasteiger partial charge on any atom is 0.227 e. The minimum absolute atomic E-state index is 0.110. The van der Waals surface area contributed by atoms with Crippen molar-refractivity contribution in [3.05, 3.63) is 12.2 Å². The number of carbonyl (C=O) groups is 2. The lowest BCUT2D eigenvalue weighted by molar-refractivity contribution is -0.136. The number of rotatable bonds is 4. The number of hydrogen-bond donors (Lipinski definition) is 0. The summed E-state index contributed by atoms with van der Waals surface area (Å²) in [7, 11) is 0. The molecule has 3 rings (SSSR count). The van der Waals surface area contributed by atoms with E-state index >= 15 is 0 Å². The minimum Gasteiger partial charge on any atom is -0.343 e. The standard InChI is InChI=1S/C16H24N4O3/c1-11(2)8-20-9-13(7-14(20)21)16(22)19-5-3-12(4-6-19)15-17-10-23-18-15/h10-13H,3-9H2,1-2H3. The van der Waals surface area contributed by atoms with Crippen LogP contribution < -0.4 is 0 Å². The molecular weight excluding hydrogens is 296 g/mol. The first kappa shape index (κ1) is 16.0. The molecule has 0 aromatic carbocycles. The Morgan fingerprint density at radius 2 is 2.13 bits per heavy atom. The summed E-state index contributed by atoms with van der Waals surface area (Å²) in [5.41, 5.74) is 0. The lowest BCUT2D eigenvalue weighted by atomic mass is 9.95. The predicted molar refractivity (Wildman–Crippen MR) is 82.4 cm³/mol. The maximum absolute atomic E-state index is 12.7. The van der Waals surface area contributed by atoms with Gasteiger partial charge in [-0.2, -0.15) is 4.98 Å². The van der Waals surface area contributed by atoms with Crippen LogP contribution in [0.3, 0.4) is 0 Å². The van der Waals surface area contributed by atoms with Crippen LogP contribution in [0, 0.1) is 11.8 Å². The van der Waals surface area contributed by atoms with Crippen LogP contribution in [0.15, 0.2) is 10.9 Å². The van der Waals surface area contributed by atoms with E-state index in [0.29, 0.717) is 32.0 Å². The molecule has 23 heavy (non-hydrogen) atoms. The molecule has 3 heterocycles. The van der Waals surface area contributed by atoms with E-state index in [9.17, 15) is 9.59 Å². The first-order valence-electron chi connectivity index (χ1n) is 8.37. The highest BCUT2D eigenvalue weighted by Gasteiger charge is 2.37. The lowest BCUT2D eigenvalue weighted by Crippen LogP contribution is -2.42. The van der Waals surface area contributed by atoms with E-state index in [0.717, 1.165) is 25.2 Å². The van der Waals surface area contributed by atoms with Gasteiger partial charge in [-0.3, -0.25) is 9.59 Å². The minimum atomic E-state index is -0.178. The van der Waals surface area contributed by atoms with Crippen LogP contribution in [0.1, 0.15) is 44.9 Å². The number of carbonyl (C=O) groups excluding carboxylic acids is 2. The first-order chi connectivity index (χ1) is 11.0. The van der Waals surface area contributed by atoms with E-state index in [1.54, 1.807) is 0 Å². The molecule has 2 saturated heterocycles. The van der Waals surface area contributed by atoms with Crippen molar-refractivity contribution in [2.24, 2.45) is 11.8 Å². The van der Waals surface area contributed by atoms with Gasteiger partial charge in [0.15, 0.2) is 5.82 Å². The first-order valence-corrected chi connectivity index (χ1v) is 8.37. The van der Waals surface area contributed by atoms with Crippen molar-refractivity contribution in [3.63, 3.8) is 0 Å². The highest BCUT2D eigenvalue weighted by atomic mass is 16.5. The molecule has 0 radical (unpaired) electrons. The second-order valence-corrected chi connectivity index (χ2v) is 6.98. The van der Waals surface area contributed by atoms with E-state index in [4.69, 9.17) is 4.52 Å². The molecule has 1 atom stereocenters. The molecule has 1 aromatic rings. The second kappa shape index (κ2) is 6.68. The van der Waals surface area contributed by atoms with Gasteiger partial charge in [0.05, 0.1) is 5.92 Å². The van der Waals surface area contributed by atoms with Crippen LogP contribution in [-0.4, -0.2) is 57.9 Å². The predicted octanol–water partition coefficient (Wildman–Crippen LogP) is 1.28. The molecule has 7 nitrogen and oxygen atoms in total. The summed E-state index contributed by atoms with van der Waals surface area (Å²) in [6.07, 6.45) is 3.40. The highest BCUT2D eigenvalue weighted by Crippen LogP contribution is 2.28. The summed E-state index contributed by atoms with van der Waals surface area (Å²) >= 11 is 0. The van der Waals surface area contributed by atoms with E-state index < -0.39 is 0 Å². The van der Waals surface area contributed by atoms with Gasteiger partial charge in [-0.15, -0.1) is 0 Å². The van der Waals surface area contributed by atoms with Crippen molar-refractivity contribution in [2.75, 3.05) is 26.2 Å². The SMILES string of the molecule is CC(C)CN1CC(C(=O)N2CCC(c3ncon3)CC2)CC1=O. The van der Waals surface area contributed by atoms with E-state index in [2.05, 4.69) is 24.0 Å². The normalized spacial score (nSPS) is 23.1. The summed E-state index contributed by atoms with van der Waals surface area (Å²) in [6, 6.07) is 0. The molecule has 0 spiro atoms. The summed E-state index contributed by atoms with van der Waals surface area (Å²) in [4.78, 5) is 32.5. The van der Waals surface area contributed by atoms with Crippen LogP contribution in [0.4, 0.5) is 0 Å². The van der Waals surface area contributed by atoms with Crippen molar-refractivity contribution < 1.29 is 14.1 Å². The Morgan fingerprint density at radius 1 is 1.39 bits per heavy atom. The number of aromatic nitrogens is 2. The summed E-state index contributed by atoms with van der Waals surface area (Å²) in [5, 5.41) is 3.89. The Labute approximate surface area is 136 Å². The third kappa shape index (κ3) is 3.54. The summed E-state index contributed by atoms with van der Waals surface area (Å²) in [5.74, 6) is 1.48. The molecule has 2 amide bonds. The number of amides is 2. The van der Waals surface area contributed by atoms with Crippen LogP contribution in [0.2, 0.25) is 0 Å². The third-order valence-corrected chi connectivity index (χ3v) is 4.70. The number of likely N-dealkylation sites (tertiary alicyclic amines) is 2. The van der Waals surface area contributed by atoms with Gasteiger partial charge in [-0.25, -0.2) is 0 Å². The van der Waals surface area contributed by atoms with Crippen molar-refractivity contribution in [1.82, 2.24) is 19.9 Å². The molecule has 1 unspecified atom stereocenters. The lowest BCUT2D eigenvalue weighted by Gasteiger charge is -2.32. The van der Waals surface area contributed by atoms with Gasteiger partial charge in [0.2, 0.25) is 18.2 Å². The topological polar surface area (TPSA) is 79.5 Å². The van der Waals surface area contributed by atoms with Gasteiger partial charge >= 0.3 is 0 Å². The fraction of sp³-hybridized carbons (Fsp3) is 0.750. The molecule has 2 aliphatic rings. The zero-order valence-corrected chi connectivity index (χ0v) is 13.8. The smallest absolute Gasteiger partial charge is 0.227 e. The van der Waals surface area contributed by atoms with Crippen LogP contribution in [-0.2, 0) is 9.59 Å². The average Bonchev–Trinajstić information content (AvgIpc) is 3.17. The average molecular weight is 320 g/mol. The van der Waals surface area contributed by atoms with Gasteiger partial charge < -0.3 is 14.3 Å². The Morgan fingerprint density at radius 3 is 2.74 bits per heavy atom. The van der Waals surface area contributed by atoms with Crippen LogP contribution in [0.25, 0.3) is 0 Å². The molecule has 0 N–H and O–H groups in total. The maximum atomic E-state index is 12.7. The van der Waals surface area contributed by atoms with E-state index in [-0.39, 0.29) is 23.7 Å². The van der Waals surface area contributed by atoms with E-state index in [1.807, 2.05) is 9.80 Å². The molecule has 0 aliphatic carbocycles. The molecule has 0 bridgehead atoms. The Kier molecular flexibility index (Phi) is 4.63. The quantitative estimate of drug-likeness (QED) is 0.835. The van der Waals surface area contributed by atoms with Crippen molar-refractivity contribution in [2.45, 2.75) is 39.0 Å². The van der Waals surface area contributed by atoms with Crippen molar-refractivity contribution in [3.8, 4) is 0 Å². The van der Waals surface area contributed by atoms with Crippen LogP contribution in [0.5, 0.6) is 0 Å². The largest absolute Gasteiger partial charge is 0.343 e. The number of nitrogens with zero attached hydrogens (tertiary/aromatic N) is 4. The van der Waals surface area contributed by atoms with Gasteiger partial charge in [0, 0.05) is 38.5 Å². The van der Waals surface area contributed by atoms with Crippen molar-refractivity contribution >= 4 is 11.8 Å². The zero-order valence-electron chi connectivity index (χ0n) is 13.8. The van der Waals surface area contributed by atoms with Gasteiger partial charge in [0.25, 0.3) is 0 Å². The zero-order chi connectivity index (χ0) is 16.4. The number of piperidine rings is 1. The highest BCUT2D eigenvalue weighted by molar-refractivity contribution is 5.89. The summed E-state index contributed by atoms with van der Waals surface area (Å²) in [6.45, 7) is 6.89. The van der Waals surface area contributed by atoms with Crippen LogP contribution >= 0.6 is 0 Å². The molecular formula is C16H24N4O3. The van der Waals surface area contributed by atoms with Gasteiger partial charge in [0.1, 0.15) is 0 Å². The molecule has 2 fully saturated rings. The molecule has 0 saturated carbocycles. The van der Waals surface area contributed by atoms with Gasteiger partial charge in [-0.1, -0.05) is 19.0 Å². The number of hydrogen-bond acceptors (Lipinski definition) is 5. The third-order valence-electron chi connectivity index (χ3n) is 4.70. The second-order valence-electron chi connectivity index (χ2n) is 6.98. The Bertz CT molecular complexity index is 550. The Balaban J connectivity index is 1.53. The molecule has 126 valence electrons. The van der Waals surface area contributed by atoms with E-state index in [1.165, 1.54) is 6.39 Å². The van der Waals surface area contributed by atoms with Gasteiger partial charge in [-0.05, 0) is 18.8 Å². The molecule has 7 heteroatoms.